The maximum atomic E-state index is 13.3. The molecule has 0 unspecified atom stereocenters. The molecule has 1 N–H and O–H groups in total. The van der Waals surface area contributed by atoms with Crippen molar-refractivity contribution in [2.75, 3.05) is 6.54 Å². The first-order valence-corrected chi connectivity index (χ1v) is 16.1. The number of unbranched alkanes of at least 4 members (excludes halogenated alkanes) is 3. The van der Waals surface area contributed by atoms with Crippen LogP contribution in [-0.4, -0.2) is 22.2 Å². The Labute approximate surface area is 252 Å². The molecule has 4 nitrogen and oxygen atoms in total. The average Bonchev–Trinajstić information content (AvgIpc) is 3.26. The van der Waals surface area contributed by atoms with Crippen LogP contribution in [0.25, 0.3) is 16.9 Å². The Kier molecular flexibility index (Phi) is 8.49. The van der Waals surface area contributed by atoms with E-state index in [-0.39, 0.29) is 5.91 Å². The zero-order valence-electron chi connectivity index (χ0n) is 23.1. The molecule has 3 aromatic rings. The van der Waals surface area contributed by atoms with Gasteiger partial charge in [0.1, 0.15) is 0 Å². The Morgan fingerprint density at radius 1 is 0.875 bits per heavy atom. The fourth-order valence-electron chi connectivity index (χ4n) is 8.14. The molecule has 40 heavy (non-hydrogen) atoms. The number of halogens is 3. The van der Waals surface area contributed by atoms with Gasteiger partial charge in [-0.1, -0.05) is 66.2 Å². The molecule has 4 bridgehead atoms. The van der Waals surface area contributed by atoms with E-state index >= 15 is 0 Å². The van der Waals surface area contributed by atoms with Gasteiger partial charge in [-0.3, -0.25) is 4.79 Å². The fourth-order valence-corrected chi connectivity index (χ4v) is 8.75. The molecule has 0 aliphatic heterocycles. The summed E-state index contributed by atoms with van der Waals surface area (Å²) in [5, 5.41) is 9.49. The zero-order valence-corrected chi connectivity index (χ0v) is 25.4. The summed E-state index contributed by atoms with van der Waals surface area (Å²) in [5.74, 6) is 5.00. The van der Waals surface area contributed by atoms with Gasteiger partial charge in [0.05, 0.1) is 16.4 Å². The van der Waals surface area contributed by atoms with Gasteiger partial charge in [-0.05, 0) is 112 Å². The van der Waals surface area contributed by atoms with Gasteiger partial charge in [0.2, 0.25) is 0 Å². The van der Waals surface area contributed by atoms with Crippen LogP contribution in [0.5, 0.6) is 0 Å². The van der Waals surface area contributed by atoms with Crippen molar-refractivity contribution in [3.05, 3.63) is 68.8 Å². The largest absolute Gasteiger partial charge is 0.351 e. The third-order valence-corrected chi connectivity index (χ3v) is 10.6. The SMILES string of the molecule is Cc1c(C(=O)NCCCCCCC2C3CC4CC(C3)CC2C4)nn(-c2ccc(Cl)cc2Cl)c1-c1ccc(Cl)cc1. The van der Waals surface area contributed by atoms with Crippen molar-refractivity contribution in [2.45, 2.75) is 71.1 Å². The lowest BCUT2D eigenvalue weighted by Gasteiger charge is -2.54. The lowest BCUT2D eigenvalue weighted by molar-refractivity contribution is -0.0404. The third kappa shape index (κ3) is 5.82. The molecule has 0 atom stereocenters. The van der Waals surface area contributed by atoms with Gasteiger partial charge in [-0.15, -0.1) is 0 Å². The molecule has 2 aromatic carbocycles. The number of nitrogens with one attached hydrogen (secondary N) is 1. The van der Waals surface area contributed by atoms with Crippen LogP contribution in [0.4, 0.5) is 0 Å². The maximum Gasteiger partial charge on any atom is 0.272 e. The summed E-state index contributed by atoms with van der Waals surface area (Å²) < 4.78 is 1.73. The molecule has 7 heteroatoms. The molecule has 1 aromatic heterocycles. The van der Waals surface area contributed by atoms with Crippen LogP contribution >= 0.6 is 34.8 Å². The van der Waals surface area contributed by atoms with Crippen LogP contribution in [0.1, 0.15) is 80.3 Å². The first kappa shape index (κ1) is 28.1. The number of nitrogens with zero attached hydrogens (tertiary/aromatic N) is 2. The Balaban J connectivity index is 1.05. The van der Waals surface area contributed by atoms with E-state index in [0.29, 0.717) is 33.0 Å². The van der Waals surface area contributed by atoms with Crippen LogP contribution in [-0.2, 0) is 0 Å². The van der Waals surface area contributed by atoms with Crippen molar-refractivity contribution in [2.24, 2.45) is 29.6 Å². The molecule has 4 fully saturated rings. The van der Waals surface area contributed by atoms with E-state index in [4.69, 9.17) is 39.9 Å². The van der Waals surface area contributed by atoms with E-state index in [9.17, 15) is 4.79 Å². The number of hydrogen-bond donors (Lipinski definition) is 1. The Hall–Kier alpha value is -2.01. The maximum absolute atomic E-state index is 13.3. The van der Waals surface area contributed by atoms with Gasteiger partial charge in [0.25, 0.3) is 5.91 Å². The number of rotatable bonds is 10. The molecule has 212 valence electrons. The standard InChI is InChI=1S/C33H38Cl3N3O/c1-20-31(38-39(30-12-11-27(35)19-29(30)36)32(20)23-7-9-26(34)10-8-23)33(40)37-13-5-3-2-4-6-28-24-15-21-14-22(17-24)18-25(28)16-21/h7-12,19,21-22,24-25,28H,2-6,13-18H2,1H3,(H,37,40). The van der Waals surface area contributed by atoms with E-state index < -0.39 is 0 Å². The van der Waals surface area contributed by atoms with Crippen LogP contribution in [0.15, 0.2) is 42.5 Å². The molecule has 4 aliphatic rings. The Bertz CT molecular complexity index is 1340. The molecule has 1 heterocycles. The van der Waals surface area contributed by atoms with Gasteiger partial charge in [-0.25, -0.2) is 4.68 Å². The smallest absolute Gasteiger partial charge is 0.272 e. The van der Waals surface area contributed by atoms with Gasteiger partial charge >= 0.3 is 0 Å². The highest BCUT2D eigenvalue weighted by Crippen LogP contribution is 2.57. The van der Waals surface area contributed by atoms with Crippen LogP contribution in [0, 0.1) is 36.5 Å². The molecule has 0 spiro atoms. The van der Waals surface area contributed by atoms with Gasteiger partial charge < -0.3 is 5.32 Å². The summed E-state index contributed by atoms with van der Waals surface area (Å²) in [7, 11) is 0. The van der Waals surface area contributed by atoms with Gasteiger partial charge in [0, 0.05) is 27.7 Å². The highest BCUT2D eigenvalue weighted by atomic mass is 35.5. The summed E-state index contributed by atoms with van der Waals surface area (Å²) >= 11 is 18.8. The van der Waals surface area contributed by atoms with E-state index in [1.54, 1.807) is 16.8 Å². The van der Waals surface area contributed by atoms with Crippen LogP contribution < -0.4 is 5.32 Å². The van der Waals surface area contributed by atoms with Crippen LogP contribution in [0.3, 0.4) is 0 Å². The van der Waals surface area contributed by atoms with Gasteiger partial charge in [-0.2, -0.15) is 5.10 Å². The monoisotopic (exact) mass is 597 g/mol. The average molecular weight is 599 g/mol. The molecular formula is C33H38Cl3N3O. The predicted octanol–water partition coefficient (Wildman–Crippen LogP) is 9.56. The van der Waals surface area contributed by atoms with Crippen molar-refractivity contribution in [3.63, 3.8) is 0 Å². The second-order valence-electron chi connectivity index (χ2n) is 12.4. The number of hydrogen-bond acceptors (Lipinski definition) is 2. The highest BCUT2D eigenvalue weighted by Gasteiger charge is 2.47. The summed E-state index contributed by atoms with van der Waals surface area (Å²) in [6.45, 7) is 2.58. The molecule has 7 rings (SSSR count). The normalized spacial score (nSPS) is 24.9. The molecule has 0 radical (unpaired) electrons. The summed E-state index contributed by atoms with van der Waals surface area (Å²) in [6.07, 6.45) is 13.7. The predicted molar refractivity (Wildman–Crippen MR) is 165 cm³/mol. The first-order valence-electron chi connectivity index (χ1n) is 15.0. The minimum absolute atomic E-state index is 0.162. The lowest BCUT2D eigenvalue weighted by Crippen LogP contribution is -2.44. The van der Waals surface area contributed by atoms with Gasteiger partial charge in [0.15, 0.2) is 5.69 Å². The van der Waals surface area contributed by atoms with Crippen molar-refractivity contribution in [1.82, 2.24) is 15.1 Å². The minimum atomic E-state index is -0.162. The van der Waals surface area contributed by atoms with Crippen molar-refractivity contribution < 1.29 is 4.79 Å². The van der Waals surface area contributed by atoms with Crippen molar-refractivity contribution >= 4 is 40.7 Å². The number of benzene rings is 2. The molecular weight excluding hydrogens is 561 g/mol. The quantitative estimate of drug-likeness (QED) is 0.236. The number of amides is 1. The molecule has 4 saturated carbocycles. The Morgan fingerprint density at radius 3 is 2.20 bits per heavy atom. The topological polar surface area (TPSA) is 46.9 Å². The van der Waals surface area contributed by atoms with E-state index in [0.717, 1.165) is 59.3 Å². The number of carbonyl (C=O) groups excluding carboxylic acids is 1. The summed E-state index contributed by atoms with van der Waals surface area (Å²) in [6, 6.07) is 12.8. The van der Waals surface area contributed by atoms with E-state index in [1.165, 1.54) is 51.4 Å². The van der Waals surface area contributed by atoms with Crippen molar-refractivity contribution in [1.29, 1.82) is 0 Å². The number of carbonyl (C=O) groups is 1. The van der Waals surface area contributed by atoms with E-state index in [2.05, 4.69) is 5.32 Å². The highest BCUT2D eigenvalue weighted by molar-refractivity contribution is 6.35. The second kappa shape index (κ2) is 12.1. The molecule has 0 saturated heterocycles. The Morgan fingerprint density at radius 2 is 1.52 bits per heavy atom. The number of aromatic nitrogens is 2. The summed E-state index contributed by atoms with van der Waals surface area (Å²) in [5.41, 5.74) is 3.56. The lowest BCUT2D eigenvalue weighted by atomic mass is 9.51. The van der Waals surface area contributed by atoms with Crippen molar-refractivity contribution in [3.8, 4) is 16.9 Å². The van der Waals surface area contributed by atoms with Crippen LogP contribution in [0.2, 0.25) is 15.1 Å². The third-order valence-electron chi connectivity index (χ3n) is 9.76. The minimum Gasteiger partial charge on any atom is -0.351 e. The van der Waals surface area contributed by atoms with E-state index in [1.807, 2.05) is 37.3 Å². The second-order valence-corrected chi connectivity index (χ2v) is 13.7. The first-order chi connectivity index (χ1) is 19.4. The molecule has 4 aliphatic carbocycles. The molecule has 1 amide bonds. The fraction of sp³-hybridized carbons (Fsp3) is 0.515. The summed E-state index contributed by atoms with van der Waals surface area (Å²) in [4.78, 5) is 13.3. The zero-order chi connectivity index (χ0) is 27.8.